The Labute approximate surface area is 166 Å². The monoisotopic (exact) mass is 466 g/mol. The Kier molecular flexibility index (Phi) is 11.9. The summed E-state index contributed by atoms with van der Waals surface area (Å²) in [5.74, 6) is 0.815. The first-order valence-corrected chi connectivity index (χ1v) is 8.07. The summed E-state index contributed by atoms with van der Waals surface area (Å²) in [5.41, 5.74) is 0. The number of nitrogens with zero attached hydrogens (tertiary/aromatic N) is 2. The summed E-state index contributed by atoms with van der Waals surface area (Å²) in [7, 11) is 3.39. The number of hydrogen-bond donors (Lipinski definition) is 2. The molecule has 0 radical (unpaired) electrons. The van der Waals surface area contributed by atoms with Gasteiger partial charge in [-0.2, -0.15) is 0 Å². The first-order valence-electron chi connectivity index (χ1n) is 8.07. The molecule has 0 saturated heterocycles. The lowest BCUT2D eigenvalue weighted by Crippen LogP contribution is -2.42. The minimum atomic E-state index is -0.295. The van der Waals surface area contributed by atoms with E-state index >= 15 is 0 Å². The highest BCUT2D eigenvalue weighted by atomic mass is 127. The number of aliphatic imine (C=N–C) groups is 1. The zero-order valence-electron chi connectivity index (χ0n) is 15.2. The third-order valence-electron chi connectivity index (χ3n) is 3.12. The lowest BCUT2D eigenvalue weighted by molar-refractivity contribution is -0.127. The molecule has 8 heteroatoms. The van der Waals surface area contributed by atoms with Crippen molar-refractivity contribution in [1.29, 1.82) is 0 Å². The number of hydrogen-bond acceptors (Lipinski definition) is 3. The van der Waals surface area contributed by atoms with E-state index < -0.39 is 0 Å². The number of halogens is 2. The maximum absolute atomic E-state index is 12.9. The van der Waals surface area contributed by atoms with Crippen LogP contribution >= 0.6 is 24.0 Å². The van der Waals surface area contributed by atoms with Gasteiger partial charge in [0.1, 0.15) is 24.2 Å². The molecule has 1 aromatic rings. The smallest absolute Gasteiger partial charge is 0.243 e. The Hall–Kier alpha value is -1.58. The number of nitrogens with one attached hydrogen (secondary N) is 2. The van der Waals surface area contributed by atoms with E-state index in [0.717, 1.165) is 13.0 Å². The Morgan fingerprint density at radius 3 is 2.48 bits per heavy atom. The topological polar surface area (TPSA) is 66.0 Å². The van der Waals surface area contributed by atoms with Gasteiger partial charge in [-0.1, -0.05) is 6.92 Å². The third-order valence-corrected chi connectivity index (χ3v) is 3.12. The molecule has 0 aliphatic rings. The zero-order chi connectivity index (χ0) is 17.9. The number of carbonyl (C=O) groups is 1. The maximum atomic E-state index is 12.9. The van der Waals surface area contributed by atoms with Crippen LogP contribution in [0, 0.1) is 5.82 Å². The lowest BCUT2D eigenvalue weighted by Gasteiger charge is -2.18. The van der Waals surface area contributed by atoms with Gasteiger partial charge in [0.05, 0.1) is 6.54 Å². The highest BCUT2D eigenvalue weighted by Gasteiger charge is 2.08. The highest BCUT2D eigenvalue weighted by molar-refractivity contribution is 14.0. The first kappa shape index (κ1) is 23.4. The van der Waals surface area contributed by atoms with E-state index in [4.69, 9.17) is 4.74 Å². The second kappa shape index (κ2) is 12.7. The van der Waals surface area contributed by atoms with Gasteiger partial charge in [-0.25, -0.2) is 9.38 Å². The SMILES string of the molecule is CCCNC(=NCC(=O)N(C)C)NCC(C)Oc1ccc(F)cc1.I. The molecule has 0 aliphatic heterocycles. The zero-order valence-corrected chi connectivity index (χ0v) is 17.5. The highest BCUT2D eigenvalue weighted by Crippen LogP contribution is 2.12. The average molecular weight is 466 g/mol. The molecule has 2 N–H and O–H groups in total. The molecule has 0 aromatic heterocycles. The van der Waals surface area contributed by atoms with Crippen molar-refractivity contribution in [1.82, 2.24) is 15.5 Å². The molecule has 0 bridgehead atoms. The predicted octanol–water partition coefficient (Wildman–Crippen LogP) is 2.24. The molecule has 1 atom stereocenters. The minimum Gasteiger partial charge on any atom is -0.489 e. The van der Waals surface area contributed by atoms with Crippen molar-refractivity contribution in [2.45, 2.75) is 26.4 Å². The van der Waals surface area contributed by atoms with Crippen molar-refractivity contribution in [2.75, 3.05) is 33.7 Å². The molecule has 1 amide bonds. The summed E-state index contributed by atoms with van der Waals surface area (Å²) in [4.78, 5) is 17.4. The van der Waals surface area contributed by atoms with Crippen LogP contribution in [-0.4, -0.2) is 56.6 Å². The Morgan fingerprint density at radius 1 is 1.28 bits per heavy atom. The third kappa shape index (κ3) is 10.1. The molecular formula is C17H28FIN4O2. The number of rotatable bonds is 8. The second-order valence-corrected chi connectivity index (χ2v) is 5.64. The Morgan fingerprint density at radius 2 is 1.92 bits per heavy atom. The van der Waals surface area contributed by atoms with Crippen molar-refractivity contribution in [2.24, 2.45) is 4.99 Å². The fraction of sp³-hybridized carbons (Fsp3) is 0.529. The summed E-state index contributed by atoms with van der Waals surface area (Å²) in [6, 6.07) is 5.90. The van der Waals surface area contributed by atoms with Gasteiger partial charge in [-0.15, -0.1) is 24.0 Å². The Bertz CT molecular complexity index is 538. The molecule has 0 heterocycles. The van der Waals surface area contributed by atoms with Crippen LogP contribution in [0.4, 0.5) is 4.39 Å². The number of amides is 1. The van der Waals surface area contributed by atoms with Crippen molar-refractivity contribution in [3.05, 3.63) is 30.1 Å². The number of carbonyl (C=O) groups excluding carboxylic acids is 1. The van der Waals surface area contributed by atoms with E-state index in [-0.39, 0.29) is 48.3 Å². The van der Waals surface area contributed by atoms with Crippen molar-refractivity contribution in [3.8, 4) is 5.75 Å². The van der Waals surface area contributed by atoms with E-state index in [0.29, 0.717) is 18.3 Å². The maximum Gasteiger partial charge on any atom is 0.243 e. The second-order valence-electron chi connectivity index (χ2n) is 5.64. The van der Waals surface area contributed by atoms with Crippen LogP contribution in [0.25, 0.3) is 0 Å². The van der Waals surface area contributed by atoms with E-state index in [1.54, 1.807) is 26.2 Å². The number of benzene rings is 1. The molecule has 1 rings (SSSR count). The predicted molar refractivity (Wildman–Crippen MR) is 109 cm³/mol. The average Bonchev–Trinajstić information content (AvgIpc) is 2.55. The van der Waals surface area contributed by atoms with Crippen molar-refractivity contribution >= 4 is 35.8 Å². The normalized spacial score (nSPS) is 12.0. The van der Waals surface area contributed by atoms with Crippen LogP contribution in [0.15, 0.2) is 29.3 Å². The fourth-order valence-corrected chi connectivity index (χ4v) is 1.73. The van der Waals surface area contributed by atoms with Crippen LogP contribution in [-0.2, 0) is 4.79 Å². The van der Waals surface area contributed by atoms with Gasteiger partial charge >= 0.3 is 0 Å². The van der Waals surface area contributed by atoms with Crippen LogP contribution in [0.3, 0.4) is 0 Å². The van der Waals surface area contributed by atoms with Crippen LogP contribution in [0.2, 0.25) is 0 Å². The van der Waals surface area contributed by atoms with Crippen LogP contribution in [0.1, 0.15) is 20.3 Å². The lowest BCUT2D eigenvalue weighted by atomic mass is 10.3. The van der Waals surface area contributed by atoms with Crippen LogP contribution in [0.5, 0.6) is 5.75 Å². The molecule has 0 spiro atoms. The largest absolute Gasteiger partial charge is 0.489 e. The van der Waals surface area contributed by atoms with Gasteiger partial charge in [0.25, 0.3) is 0 Å². The number of ether oxygens (including phenoxy) is 1. The first-order chi connectivity index (χ1) is 11.4. The fourth-order valence-electron chi connectivity index (χ4n) is 1.73. The van der Waals surface area contributed by atoms with Gasteiger partial charge < -0.3 is 20.3 Å². The standard InChI is InChI=1S/C17H27FN4O2.HI/c1-5-10-19-17(21-12-16(23)22(3)4)20-11-13(2)24-15-8-6-14(18)7-9-15;/h6-9,13H,5,10-12H2,1-4H3,(H2,19,20,21);1H. The summed E-state index contributed by atoms with van der Waals surface area (Å²) in [6.07, 6.45) is 0.804. The van der Waals surface area contributed by atoms with Crippen molar-refractivity contribution in [3.63, 3.8) is 0 Å². The van der Waals surface area contributed by atoms with Gasteiger partial charge in [-0.05, 0) is 37.6 Å². The number of likely N-dealkylation sites (N-methyl/N-ethyl adjacent to an activating group) is 1. The number of guanidine groups is 1. The summed E-state index contributed by atoms with van der Waals surface area (Å²) < 4.78 is 18.6. The molecule has 25 heavy (non-hydrogen) atoms. The quantitative estimate of drug-likeness (QED) is 0.351. The van der Waals surface area contributed by atoms with Gasteiger partial charge in [0.15, 0.2) is 5.96 Å². The minimum absolute atomic E-state index is 0. The Balaban J connectivity index is 0.00000576. The van der Waals surface area contributed by atoms with Crippen molar-refractivity contribution < 1.29 is 13.9 Å². The molecular weight excluding hydrogens is 438 g/mol. The van der Waals surface area contributed by atoms with E-state index in [2.05, 4.69) is 22.5 Å². The van der Waals surface area contributed by atoms with Gasteiger partial charge in [-0.3, -0.25) is 4.79 Å². The molecule has 0 fully saturated rings. The van der Waals surface area contributed by atoms with Gasteiger partial charge in [0.2, 0.25) is 5.91 Å². The van der Waals surface area contributed by atoms with E-state index in [1.165, 1.54) is 17.0 Å². The molecule has 1 aromatic carbocycles. The molecule has 6 nitrogen and oxygen atoms in total. The summed E-state index contributed by atoms with van der Waals surface area (Å²) in [5, 5.41) is 6.30. The summed E-state index contributed by atoms with van der Waals surface area (Å²) >= 11 is 0. The summed E-state index contributed by atoms with van der Waals surface area (Å²) in [6.45, 7) is 5.30. The van der Waals surface area contributed by atoms with Gasteiger partial charge in [0, 0.05) is 20.6 Å². The van der Waals surface area contributed by atoms with E-state index in [1.807, 2.05) is 6.92 Å². The molecule has 0 aliphatic carbocycles. The van der Waals surface area contributed by atoms with Crippen LogP contribution < -0.4 is 15.4 Å². The molecule has 142 valence electrons. The molecule has 0 saturated carbocycles. The molecule has 1 unspecified atom stereocenters. The van der Waals surface area contributed by atoms with E-state index in [9.17, 15) is 9.18 Å².